The van der Waals surface area contributed by atoms with Crippen molar-refractivity contribution in [2.75, 3.05) is 33.2 Å². The molecule has 14 amide bonds. The third kappa shape index (κ3) is 35.0. The summed E-state index contributed by atoms with van der Waals surface area (Å²) < 4.78 is 0. The molecule has 13 atom stereocenters. The Morgan fingerprint density at radius 3 is 1.03 bits per heavy atom. The van der Waals surface area contributed by atoms with Gasteiger partial charge >= 0.3 is 0 Å². The molecule has 3 aliphatic heterocycles. The molecule has 0 fully saturated rings. The zero-order valence-corrected chi connectivity index (χ0v) is 68.1. The van der Waals surface area contributed by atoms with Gasteiger partial charge in [-0.3, -0.25) is 67.1 Å². The molecule has 0 spiro atoms. The van der Waals surface area contributed by atoms with Gasteiger partial charge < -0.3 is 116 Å². The lowest BCUT2D eigenvalue weighted by atomic mass is 9.98. The smallest absolute Gasteiger partial charge is 0.245 e. The number of aliphatic hydroxyl groups is 1. The number of carbonyl (C=O) groups excluding carboxylic acids is 15. The molecule has 0 saturated carbocycles. The largest absolute Gasteiger partial charge is 0.394 e. The molecule has 21 N–H and O–H groups in total. The molecule has 4 rings (SSSR count). The third-order valence-electron chi connectivity index (χ3n) is 18.1. The van der Waals surface area contributed by atoms with E-state index in [1.54, 1.807) is 62.8 Å². The monoisotopic (exact) mass is 1600 g/mol. The molecular formula is C78H124N20O16. The van der Waals surface area contributed by atoms with Crippen molar-refractivity contribution in [1.29, 1.82) is 0 Å². The third-order valence-corrected chi connectivity index (χ3v) is 18.1. The summed E-state index contributed by atoms with van der Waals surface area (Å²) in [6.45, 7) is 23.8. The number of benzene rings is 1. The fourth-order valence-corrected chi connectivity index (χ4v) is 12.5. The Kier molecular flexibility index (Phi) is 40.8. The Balaban J connectivity index is 1.56. The standard InChI is InChI=1S/C78H124N20O16/c1-16-20-55(87-49(15)101)68(104)82-36-66(102)89-56(24-43(4)5)70(106)94-61(29-50-21-18-17-19-22-50)75(111)95-62(30-51-33-79-39-83-51)69(105)86-48(14)67(103)90-57(25-44(6)7)71(107)91-59(27-46(10)11)73(109)96-63(31-52-34-80-40-84-52)76(112)93-58(26-45(8)9)72(108)92-60(28-47(12)13)74(110)97-64(32-53-35-81-41-85-53)77(113)98-65(38-100)78(114)88-54(37-99)23-42(2)3/h1,17-19,21-22,33-35,37,42-48,54-65,79-81,83-85,100H,20,23-32,36,38-41H2,2-15H3,(H,82,104)(H,86,105)(H,87,101)(H,88,114)(H,89,102)(H,90,103)(H,91,107)(H,92,108)(H,93,112)(H,94,106)(H,95,111)(H,96,109)(H,97,110)(H,98,113)/t48-,54-,55-,56-,57-,58?,59-,60-,61-,62-,63-,64?,65-/m0/s1. The van der Waals surface area contributed by atoms with Crippen molar-refractivity contribution < 1.29 is 77.0 Å². The van der Waals surface area contributed by atoms with Crippen LogP contribution < -0.4 is 106 Å². The fourth-order valence-electron chi connectivity index (χ4n) is 12.5. The Hall–Kier alpha value is -11.0. The molecule has 1 aromatic carbocycles. The van der Waals surface area contributed by atoms with Crippen LogP contribution in [0.25, 0.3) is 0 Å². The highest BCUT2D eigenvalue weighted by molar-refractivity contribution is 6.00. The zero-order chi connectivity index (χ0) is 84.9. The molecule has 0 aliphatic carbocycles. The van der Waals surface area contributed by atoms with E-state index in [2.05, 4.69) is 112 Å². The summed E-state index contributed by atoms with van der Waals surface area (Å²) in [5.74, 6) is -9.70. The van der Waals surface area contributed by atoms with Crippen molar-refractivity contribution in [2.24, 2.45) is 35.5 Å². The first-order valence-corrected chi connectivity index (χ1v) is 39.1. The first kappa shape index (κ1) is 95.4. The highest BCUT2D eigenvalue weighted by atomic mass is 16.3. The molecule has 0 radical (unpaired) electrons. The van der Waals surface area contributed by atoms with Crippen molar-refractivity contribution in [1.82, 2.24) is 106 Å². The van der Waals surface area contributed by atoms with E-state index in [4.69, 9.17) is 6.42 Å². The van der Waals surface area contributed by atoms with Crippen LogP contribution in [0.2, 0.25) is 0 Å². The molecule has 36 nitrogen and oxygen atoms in total. The van der Waals surface area contributed by atoms with Gasteiger partial charge in [-0.15, -0.1) is 12.3 Å². The molecule has 0 saturated heterocycles. The van der Waals surface area contributed by atoms with Crippen LogP contribution in [-0.4, -0.2) is 206 Å². The van der Waals surface area contributed by atoms with Gasteiger partial charge in [-0.05, 0) is 86.5 Å². The molecule has 0 bridgehead atoms. The second-order valence-electron chi connectivity index (χ2n) is 31.5. The number of amides is 14. The number of terminal acetylenes is 1. The first-order chi connectivity index (χ1) is 53.9. The van der Waals surface area contributed by atoms with E-state index in [0.717, 1.165) is 0 Å². The fraction of sp³-hybridized carbons (Fsp3) is 0.628. The van der Waals surface area contributed by atoms with Crippen LogP contribution in [0.4, 0.5) is 0 Å². The number of aldehydes is 1. The number of nitrogens with one attached hydrogen (secondary N) is 20. The molecule has 632 valence electrons. The van der Waals surface area contributed by atoms with Gasteiger partial charge in [0.2, 0.25) is 82.7 Å². The Morgan fingerprint density at radius 2 is 0.702 bits per heavy atom. The van der Waals surface area contributed by atoms with E-state index in [-0.39, 0.29) is 106 Å². The minimum absolute atomic E-state index is 0.0270. The Labute approximate surface area is 668 Å². The first-order valence-electron chi connectivity index (χ1n) is 39.1. The van der Waals surface area contributed by atoms with Crippen molar-refractivity contribution >= 4 is 89.0 Å². The summed E-state index contributed by atoms with van der Waals surface area (Å²) in [5.41, 5.74) is 2.13. The molecule has 3 heterocycles. The lowest BCUT2D eigenvalue weighted by Crippen LogP contribution is -2.61. The molecule has 2 unspecified atom stereocenters. The second kappa shape index (κ2) is 48.8. The summed E-state index contributed by atoms with van der Waals surface area (Å²) in [4.78, 5) is 208. The molecule has 3 aliphatic rings. The van der Waals surface area contributed by atoms with Crippen LogP contribution in [0, 0.1) is 47.9 Å². The minimum Gasteiger partial charge on any atom is -0.394 e. The summed E-state index contributed by atoms with van der Waals surface area (Å²) >= 11 is 0. The van der Waals surface area contributed by atoms with Crippen LogP contribution in [0.5, 0.6) is 0 Å². The maximum atomic E-state index is 14.8. The van der Waals surface area contributed by atoms with Gasteiger partial charge in [0.05, 0.1) is 39.2 Å². The van der Waals surface area contributed by atoms with Crippen molar-refractivity contribution in [2.45, 2.75) is 246 Å². The highest BCUT2D eigenvalue weighted by Gasteiger charge is 2.39. The van der Waals surface area contributed by atoms with E-state index >= 15 is 0 Å². The van der Waals surface area contributed by atoms with Gasteiger partial charge in [-0.2, -0.15) is 0 Å². The molecular weight excluding hydrogens is 1470 g/mol. The van der Waals surface area contributed by atoms with E-state index in [1.165, 1.54) is 13.8 Å². The van der Waals surface area contributed by atoms with Crippen LogP contribution in [0.3, 0.4) is 0 Å². The normalized spacial score (nSPS) is 16.3. The Morgan fingerprint density at radius 1 is 0.386 bits per heavy atom. The molecule has 0 aromatic heterocycles. The number of hydrogen-bond acceptors (Lipinski definition) is 22. The predicted molar refractivity (Wildman–Crippen MR) is 424 cm³/mol. The maximum Gasteiger partial charge on any atom is 0.245 e. The lowest BCUT2D eigenvalue weighted by molar-refractivity contribution is -0.136. The summed E-state index contributed by atoms with van der Waals surface area (Å²) in [6.07, 6.45) is 10.7. The topological polar surface area (TPSA) is 517 Å². The number of carbonyl (C=O) groups is 15. The number of aliphatic hydroxyl groups excluding tert-OH is 1. The predicted octanol–water partition coefficient (Wildman–Crippen LogP) is -2.68. The van der Waals surface area contributed by atoms with Crippen LogP contribution >= 0.6 is 0 Å². The quantitative estimate of drug-likeness (QED) is 0.0234. The zero-order valence-electron chi connectivity index (χ0n) is 68.1. The van der Waals surface area contributed by atoms with E-state index in [0.29, 0.717) is 48.7 Å². The summed E-state index contributed by atoms with van der Waals surface area (Å²) in [7, 11) is 0. The summed E-state index contributed by atoms with van der Waals surface area (Å²) in [5, 5.41) is 65.7. The van der Waals surface area contributed by atoms with Gasteiger partial charge in [0.25, 0.3) is 0 Å². The van der Waals surface area contributed by atoms with E-state index < -0.39 is 174 Å². The maximum absolute atomic E-state index is 14.8. The van der Waals surface area contributed by atoms with E-state index in [9.17, 15) is 77.0 Å². The van der Waals surface area contributed by atoms with Crippen LogP contribution in [0.15, 0.2) is 66.0 Å². The van der Waals surface area contributed by atoms with Gasteiger partial charge in [-0.1, -0.05) is 113 Å². The SMILES string of the molecule is C#CC[C@H](NC(C)=O)C(=O)NCC(=O)N[C@@H](CC(C)C)C(=O)N[C@@H](Cc1ccccc1)C(=O)N[C@@H](CC1=CNCN1)C(=O)N[C@@H](C)C(=O)N[C@@H](CC(C)C)C(=O)N[C@@H](CC(C)C)C(=O)N[C@@H](CC1=CNCN1)C(=O)NC(CC(C)C)C(=O)N[C@@H](CC(C)C)C(=O)NC(CC1=CNCN1)C(=O)N[C@@H](CO)C(=O)N[C@H](C=O)CC(C)C. The highest BCUT2D eigenvalue weighted by Crippen LogP contribution is 2.18. The molecule has 36 heteroatoms. The van der Waals surface area contributed by atoms with Gasteiger partial charge in [0.1, 0.15) is 78.8 Å². The van der Waals surface area contributed by atoms with Crippen molar-refractivity contribution in [3.8, 4) is 12.3 Å². The molecule has 1 aromatic rings. The van der Waals surface area contributed by atoms with Crippen molar-refractivity contribution in [3.05, 3.63) is 71.6 Å². The summed E-state index contributed by atoms with van der Waals surface area (Å²) in [6, 6.07) is -8.26. The van der Waals surface area contributed by atoms with Crippen molar-refractivity contribution in [3.63, 3.8) is 0 Å². The van der Waals surface area contributed by atoms with Gasteiger partial charge in [-0.25, -0.2) is 0 Å². The Bertz CT molecular complexity index is 3600. The van der Waals surface area contributed by atoms with Gasteiger partial charge in [0.15, 0.2) is 0 Å². The van der Waals surface area contributed by atoms with Crippen LogP contribution in [0.1, 0.15) is 167 Å². The number of rotatable bonds is 50. The van der Waals surface area contributed by atoms with Gasteiger partial charge in [0, 0.05) is 74.7 Å². The van der Waals surface area contributed by atoms with Crippen LogP contribution in [-0.2, 0) is 78.3 Å². The molecule has 114 heavy (non-hydrogen) atoms. The second-order valence-corrected chi connectivity index (χ2v) is 31.5. The average molecular weight is 1600 g/mol. The number of hydrogen-bond donors (Lipinski definition) is 21. The lowest BCUT2D eigenvalue weighted by Gasteiger charge is -2.29. The van der Waals surface area contributed by atoms with E-state index in [1.807, 2.05) is 69.2 Å². The minimum atomic E-state index is -1.51. The average Bonchev–Trinajstić information content (AvgIpc) is 1.24.